The number of hydrogen-bond donors (Lipinski definition) is 1. The minimum Gasteiger partial charge on any atom is -0.478 e. The molecule has 1 rings (SSSR count). The zero-order chi connectivity index (χ0) is 11.3. The lowest BCUT2D eigenvalue weighted by molar-refractivity contribution is 0.0598. The van der Waals surface area contributed by atoms with Crippen LogP contribution in [0.3, 0.4) is 0 Å². The fraction of sp³-hybridized carbons (Fsp3) is 0.200. The molecule has 0 amide bonds. The number of esters is 1. The Hall–Kier alpha value is -2.22. The van der Waals surface area contributed by atoms with E-state index in [0.717, 1.165) is 0 Å². The molecule has 15 heavy (non-hydrogen) atoms. The van der Waals surface area contributed by atoms with E-state index in [2.05, 4.69) is 4.74 Å². The van der Waals surface area contributed by atoms with Crippen LogP contribution in [0.5, 0.6) is 5.75 Å². The van der Waals surface area contributed by atoms with Crippen LogP contribution in [0.2, 0.25) is 0 Å². The van der Waals surface area contributed by atoms with Crippen molar-refractivity contribution in [1.82, 2.24) is 0 Å². The standard InChI is InChI=1S/C10H10N2O3/c1-14-10(13)9-7(12)3-2-4-8(9)15-6-5-11/h2-4H,6,12H2,1H3. The lowest BCUT2D eigenvalue weighted by atomic mass is 10.1. The Balaban J connectivity index is 3.09. The molecule has 0 atom stereocenters. The van der Waals surface area contributed by atoms with E-state index in [9.17, 15) is 4.79 Å². The Morgan fingerprint density at radius 3 is 2.93 bits per heavy atom. The number of nitrogens with zero attached hydrogens (tertiary/aromatic N) is 1. The van der Waals surface area contributed by atoms with Gasteiger partial charge in [0, 0.05) is 5.69 Å². The second-order valence-electron chi connectivity index (χ2n) is 2.66. The van der Waals surface area contributed by atoms with E-state index < -0.39 is 5.97 Å². The van der Waals surface area contributed by atoms with Crippen molar-refractivity contribution in [2.45, 2.75) is 0 Å². The van der Waals surface area contributed by atoms with Gasteiger partial charge in [0.15, 0.2) is 6.61 Å². The zero-order valence-electron chi connectivity index (χ0n) is 8.19. The smallest absolute Gasteiger partial charge is 0.343 e. The summed E-state index contributed by atoms with van der Waals surface area (Å²) >= 11 is 0. The largest absolute Gasteiger partial charge is 0.478 e. The molecule has 0 fully saturated rings. The fourth-order valence-corrected chi connectivity index (χ4v) is 1.10. The summed E-state index contributed by atoms with van der Waals surface area (Å²) in [6.45, 7) is -0.145. The minimum absolute atomic E-state index is 0.145. The molecule has 78 valence electrons. The van der Waals surface area contributed by atoms with Crippen LogP contribution in [0.4, 0.5) is 5.69 Å². The van der Waals surface area contributed by atoms with Gasteiger partial charge in [0.25, 0.3) is 0 Å². The molecule has 0 aliphatic carbocycles. The molecule has 1 aromatic carbocycles. The van der Waals surface area contributed by atoms with Crippen LogP contribution in [0, 0.1) is 11.3 Å². The van der Waals surface area contributed by atoms with Crippen molar-refractivity contribution in [3.8, 4) is 11.8 Å². The maximum atomic E-state index is 11.4. The van der Waals surface area contributed by atoms with Crippen molar-refractivity contribution in [3.63, 3.8) is 0 Å². The van der Waals surface area contributed by atoms with Crippen LogP contribution in [0.25, 0.3) is 0 Å². The predicted molar refractivity (Wildman–Crippen MR) is 53.3 cm³/mol. The van der Waals surface area contributed by atoms with Crippen molar-refractivity contribution in [2.24, 2.45) is 0 Å². The van der Waals surface area contributed by atoms with E-state index in [0.29, 0.717) is 0 Å². The fourth-order valence-electron chi connectivity index (χ4n) is 1.10. The van der Waals surface area contributed by atoms with Crippen molar-refractivity contribution < 1.29 is 14.3 Å². The first kappa shape index (κ1) is 10.9. The number of carbonyl (C=O) groups excluding carboxylic acids is 1. The number of benzene rings is 1. The highest BCUT2D eigenvalue weighted by Gasteiger charge is 2.16. The van der Waals surface area contributed by atoms with Crippen molar-refractivity contribution >= 4 is 11.7 Å². The average Bonchev–Trinajstić information content (AvgIpc) is 2.25. The van der Waals surface area contributed by atoms with E-state index in [1.165, 1.54) is 7.11 Å². The van der Waals surface area contributed by atoms with Gasteiger partial charge in [0.1, 0.15) is 17.4 Å². The van der Waals surface area contributed by atoms with Crippen LogP contribution in [0.1, 0.15) is 10.4 Å². The third-order valence-electron chi connectivity index (χ3n) is 1.74. The number of ether oxygens (including phenoxy) is 2. The molecule has 0 radical (unpaired) electrons. The van der Waals surface area contributed by atoms with Gasteiger partial charge in [0.05, 0.1) is 7.11 Å². The number of hydrogen-bond acceptors (Lipinski definition) is 5. The van der Waals surface area contributed by atoms with Crippen LogP contribution >= 0.6 is 0 Å². The molecule has 0 saturated heterocycles. The number of nitriles is 1. The van der Waals surface area contributed by atoms with Gasteiger partial charge in [-0.25, -0.2) is 4.79 Å². The third-order valence-corrected chi connectivity index (χ3v) is 1.74. The van der Waals surface area contributed by atoms with Gasteiger partial charge in [-0.15, -0.1) is 0 Å². The Bertz CT molecular complexity index is 410. The quantitative estimate of drug-likeness (QED) is 0.588. The molecule has 0 aliphatic rings. The van der Waals surface area contributed by atoms with E-state index >= 15 is 0 Å². The molecular weight excluding hydrogens is 196 g/mol. The number of nitrogen functional groups attached to an aromatic ring is 1. The molecule has 0 aromatic heterocycles. The first-order valence-electron chi connectivity index (χ1n) is 4.17. The molecular formula is C10H10N2O3. The van der Waals surface area contributed by atoms with Gasteiger partial charge in [-0.05, 0) is 12.1 Å². The monoisotopic (exact) mass is 206 g/mol. The van der Waals surface area contributed by atoms with Crippen LogP contribution in [0.15, 0.2) is 18.2 Å². The van der Waals surface area contributed by atoms with Gasteiger partial charge >= 0.3 is 5.97 Å². The van der Waals surface area contributed by atoms with E-state index in [-0.39, 0.29) is 23.6 Å². The number of anilines is 1. The number of carbonyl (C=O) groups is 1. The number of methoxy groups -OCH3 is 1. The van der Waals surface area contributed by atoms with Gasteiger partial charge in [-0.2, -0.15) is 5.26 Å². The number of rotatable bonds is 3. The van der Waals surface area contributed by atoms with E-state index in [4.69, 9.17) is 15.7 Å². The maximum Gasteiger partial charge on any atom is 0.343 e. The molecule has 0 saturated carbocycles. The topological polar surface area (TPSA) is 85.3 Å². The molecule has 5 heteroatoms. The molecule has 0 unspecified atom stereocenters. The summed E-state index contributed by atoms with van der Waals surface area (Å²) in [5, 5.41) is 8.36. The maximum absolute atomic E-state index is 11.4. The molecule has 0 aliphatic heterocycles. The van der Waals surface area contributed by atoms with Gasteiger partial charge in [0.2, 0.25) is 0 Å². The summed E-state index contributed by atoms with van der Waals surface area (Å²) in [6.07, 6.45) is 0. The van der Waals surface area contributed by atoms with E-state index in [1.54, 1.807) is 24.3 Å². The summed E-state index contributed by atoms with van der Waals surface area (Å²) in [6, 6.07) is 6.55. The molecule has 1 aromatic rings. The minimum atomic E-state index is -0.582. The highest BCUT2D eigenvalue weighted by molar-refractivity contribution is 5.98. The van der Waals surface area contributed by atoms with Gasteiger partial charge in [-0.3, -0.25) is 0 Å². The summed E-state index contributed by atoms with van der Waals surface area (Å²) in [5.74, 6) is -0.329. The molecule has 5 nitrogen and oxygen atoms in total. The van der Waals surface area contributed by atoms with Crippen molar-refractivity contribution in [2.75, 3.05) is 19.5 Å². The Morgan fingerprint density at radius 1 is 1.60 bits per heavy atom. The Morgan fingerprint density at radius 2 is 2.33 bits per heavy atom. The van der Waals surface area contributed by atoms with E-state index in [1.807, 2.05) is 0 Å². The second kappa shape index (κ2) is 4.86. The molecule has 2 N–H and O–H groups in total. The second-order valence-corrected chi connectivity index (χ2v) is 2.66. The lowest BCUT2D eigenvalue weighted by Crippen LogP contribution is -2.09. The first-order valence-corrected chi connectivity index (χ1v) is 4.17. The third kappa shape index (κ3) is 2.38. The van der Waals surface area contributed by atoms with Gasteiger partial charge in [-0.1, -0.05) is 6.07 Å². The molecule has 0 spiro atoms. The summed E-state index contributed by atoms with van der Waals surface area (Å²) < 4.78 is 9.60. The van der Waals surface area contributed by atoms with Crippen LogP contribution < -0.4 is 10.5 Å². The van der Waals surface area contributed by atoms with Crippen LogP contribution in [-0.4, -0.2) is 19.7 Å². The predicted octanol–water partition coefficient (Wildman–Crippen LogP) is 0.958. The lowest BCUT2D eigenvalue weighted by Gasteiger charge is -2.09. The Labute approximate surface area is 87.0 Å². The van der Waals surface area contributed by atoms with Crippen LogP contribution in [-0.2, 0) is 4.74 Å². The summed E-state index contributed by atoms with van der Waals surface area (Å²) in [4.78, 5) is 11.4. The molecule has 0 bridgehead atoms. The number of nitrogens with two attached hydrogens (primary N) is 1. The first-order chi connectivity index (χ1) is 7.20. The highest BCUT2D eigenvalue weighted by atomic mass is 16.5. The van der Waals surface area contributed by atoms with Crippen molar-refractivity contribution in [1.29, 1.82) is 5.26 Å². The highest BCUT2D eigenvalue weighted by Crippen LogP contribution is 2.24. The zero-order valence-corrected chi connectivity index (χ0v) is 8.19. The summed E-state index contributed by atoms with van der Waals surface area (Å²) in [5.41, 5.74) is 6.02. The van der Waals surface area contributed by atoms with Gasteiger partial charge < -0.3 is 15.2 Å². The SMILES string of the molecule is COC(=O)c1c(N)cccc1OCC#N. The Kier molecular flexibility index (Phi) is 3.52. The average molecular weight is 206 g/mol. The normalized spacial score (nSPS) is 9.07. The van der Waals surface area contributed by atoms with Crippen molar-refractivity contribution in [3.05, 3.63) is 23.8 Å². The molecule has 0 heterocycles. The summed E-state index contributed by atoms with van der Waals surface area (Å²) in [7, 11) is 1.25.